The number of hydrogen-bond acceptors (Lipinski definition) is 5. The molecule has 2 aliphatic heterocycles. The molecule has 4 aromatic rings. The molecule has 39 heavy (non-hydrogen) atoms. The van der Waals surface area contributed by atoms with E-state index in [1.165, 1.54) is 10.4 Å². The maximum atomic E-state index is 13.9. The van der Waals surface area contributed by atoms with Crippen LogP contribution in [-0.2, 0) is 9.59 Å². The second kappa shape index (κ2) is 10.7. The van der Waals surface area contributed by atoms with E-state index in [0.29, 0.717) is 11.6 Å². The lowest BCUT2D eigenvalue weighted by atomic mass is 10.0. The van der Waals surface area contributed by atoms with Crippen LogP contribution in [0.1, 0.15) is 45.2 Å². The van der Waals surface area contributed by atoms with Crippen LogP contribution in [0, 0.1) is 20.8 Å². The first kappa shape index (κ1) is 25.9. The van der Waals surface area contributed by atoms with Gasteiger partial charge in [0.25, 0.3) is 0 Å². The van der Waals surface area contributed by atoms with Crippen molar-refractivity contribution in [3.05, 3.63) is 87.1 Å². The van der Waals surface area contributed by atoms with Crippen LogP contribution in [0.4, 0.5) is 5.82 Å². The summed E-state index contributed by atoms with van der Waals surface area (Å²) in [6, 6.07) is 18.6. The zero-order chi connectivity index (χ0) is 27.1. The molecule has 4 heterocycles. The van der Waals surface area contributed by atoms with E-state index in [1.807, 2.05) is 27.8 Å². The molecule has 0 aliphatic carbocycles. The molecule has 2 aromatic carbocycles. The monoisotopic (exact) mass is 556 g/mol. The van der Waals surface area contributed by atoms with Crippen LogP contribution in [0.2, 0.25) is 0 Å². The van der Waals surface area contributed by atoms with Crippen molar-refractivity contribution in [2.24, 2.45) is 0 Å². The van der Waals surface area contributed by atoms with E-state index >= 15 is 0 Å². The second-order valence-electron chi connectivity index (χ2n) is 10.4. The van der Waals surface area contributed by atoms with Gasteiger partial charge in [-0.1, -0.05) is 48.0 Å². The molecule has 1 saturated heterocycles. The average Bonchev–Trinajstić information content (AvgIpc) is 3.68. The molecule has 1 fully saturated rings. The van der Waals surface area contributed by atoms with Gasteiger partial charge < -0.3 is 4.90 Å². The molecule has 0 bridgehead atoms. The van der Waals surface area contributed by atoms with Crippen LogP contribution < -0.4 is 4.90 Å². The summed E-state index contributed by atoms with van der Waals surface area (Å²) in [6.45, 7) is 7.81. The van der Waals surface area contributed by atoms with Crippen molar-refractivity contribution in [2.45, 2.75) is 38.9 Å². The lowest BCUT2D eigenvalue weighted by Crippen LogP contribution is -2.43. The number of hydrogen-bond donors (Lipinski definition) is 0. The number of carbonyl (C=O) groups excluding carboxylic acids is 2. The highest BCUT2D eigenvalue weighted by Gasteiger charge is 2.39. The lowest BCUT2D eigenvalue weighted by molar-refractivity contribution is -0.130. The predicted octanol–water partition coefficient (Wildman–Crippen LogP) is 6.32. The molecule has 200 valence electrons. The van der Waals surface area contributed by atoms with E-state index in [0.717, 1.165) is 59.6 Å². The van der Waals surface area contributed by atoms with Gasteiger partial charge in [0.2, 0.25) is 11.8 Å². The minimum absolute atomic E-state index is 0.00260. The van der Waals surface area contributed by atoms with Crippen LogP contribution in [0.15, 0.2) is 60.0 Å². The highest BCUT2D eigenvalue weighted by Crippen LogP contribution is 2.50. The van der Waals surface area contributed by atoms with E-state index in [2.05, 4.69) is 62.5 Å². The Kier molecular flexibility index (Phi) is 7.08. The minimum Gasteiger partial charge on any atom is -0.341 e. The molecule has 2 amide bonds. The minimum atomic E-state index is -0.0782. The number of benzene rings is 2. The van der Waals surface area contributed by atoms with Gasteiger partial charge in [-0.3, -0.25) is 14.5 Å². The summed E-state index contributed by atoms with van der Waals surface area (Å²) in [4.78, 5) is 32.2. The van der Waals surface area contributed by atoms with Crippen LogP contribution in [-0.4, -0.2) is 51.9 Å². The molecule has 0 radical (unpaired) electrons. The summed E-state index contributed by atoms with van der Waals surface area (Å²) in [5.74, 6) is 0.944. The quantitative estimate of drug-likeness (QED) is 0.289. The number of thiophene rings is 1. The smallest absolute Gasteiger partial charge is 0.242 e. The number of anilines is 1. The fourth-order valence-electron chi connectivity index (χ4n) is 5.60. The summed E-state index contributed by atoms with van der Waals surface area (Å²) in [5, 5.41) is 7.27. The molecule has 1 atom stereocenters. The summed E-state index contributed by atoms with van der Waals surface area (Å²) < 4.78 is 1.92. The normalized spacial score (nSPS) is 17.4. The number of fused-ring (bicyclic) bond motifs is 1. The van der Waals surface area contributed by atoms with Crippen molar-refractivity contribution >= 4 is 40.7 Å². The van der Waals surface area contributed by atoms with Gasteiger partial charge in [0.05, 0.1) is 22.4 Å². The number of nitrogens with zero attached hydrogens (tertiary/aromatic N) is 4. The molecule has 6 nitrogen and oxygen atoms in total. The van der Waals surface area contributed by atoms with E-state index in [9.17, 15) is 9.59 Å². The zero-order valence-electron chi connectivity index (χ0n) is 22.5. The molecule has 0 unspecified atom stereocenters. The lowest BCUT2D eigenvalue weighted by Gasteiger charge is -2.26. The summed E-state index contributed by atoms with van der Waals surface area (Å²) >= 11 is 3.35. The van der Waals surface area contributed by atoms with Gasteiger partial charge in [-0.2, -0.15) is 5.10 Å². The van der Waals surface area contributed by atoms with E-state index in [-0.39, 0.29) is 23.6 Å². The number of likely N-dealkylation sites (tertiary alicyclic amines) is 1. The van der Waals surface area contributed by atoms with Gasteiger partial charge >= 0.3 is 0 Å². The van der Waals surface area contributed by atoms with Crippen molar-refractivity contribution in [1.82, 2.24) is 14.7 Å². The highest BCUT2D eigenvalue weighted by atomic mass is 32.2. The Labute approximate surface area is 237 Å². The number of thioether (sulfide) groups is 1. The van der Waals surface area contributed by atoms with Gasteiger partial charge in [-0.05, 0) is 62.3 Å². The first-order valence-electron chi connectivity index (χ1n) is 13.4. The fraction of sp³-hybridized carbons (Fsp3) is 0.323. The number of rotatable bonds is 5. The van der Waals surface area contributed by atoms with Gasteiger partial charge in [0.15, 0.2) is 0 Å². The van der Waals surface area contributed by atoms with Crippen LogP contribution >= 0.6 is 23.1 Å². The van der Waals surface area contributed by atoms with Gasteiger partial charge in [0, 0.05) is 29.1 Å². The third-order valence-electron chi connectivity index (χ3n) is 7.61. The van der Waals surface area contributed by atoms with Crippen molar-refractivity contribution < 1.29 is 9.59 Å². The maximum Gasteiger partial charge on any atom is 0.242 e. The van der Waals surface area contributed by atoms with Crippen molar-refractivity contribution in [1.29, 1.82) is 0 Å². The van der Waals surface area contributed by atoms with Gasteiger partial charge in [-0.15, -0.1) is 23.1 Å². The Bertz CT molecular complexity index is 1540. The van der Waals surface area contributed by atoms with Gasteiger partial charge in [-0.25, -0.2) is 4.68 Å². The standard InChI is InChI=1S/C31H32N4O2S2/c1-20-11-12-24(22(3)17-20)35-31-27(28(32-35)23-9-5-4-6-10-23)30(29-21(2)13-16-38-29)39-19-26(37)34(31)18-25(36)33-14-7-8-15-33/h4-6,9-13,16-17,30H,7-8,14-15,18-19H2,1-3H3/t30-/m1/s1. The van der Waals surface area contributed by atoms with Crippen molar-refractivity contribution in [3.63, 3.8) is 0 Å². The molecule has 0 N–H and O–H groups in total. The molecule has 2 aromatic heterocycles. The van der Waals surface area contributed by atoms with Crippen LogP contribution in [0.25, 0.3) is 16.9 Å². The molecule has 0 saturated carbocycles. The van der Waals surface area contributed by atoms with Crippen LogP contribution in [0.5, 0.6) is 0 Å². The molecular weight excluding hydrogens is 525 g/mol. The Balaban J connectivity index is 1.63. The molecule has 6 rings (SSSR count). The van der Waals surface area contributed by atoms with Crippen molar-refractivity contribution in [2.75, 3.05) is 30.3 Å². The first-order valence-corrected chi connectivity index (χ1v) is 15.3. The Morgan fingerprint density at radius 1 is 1.00 bits per heavy atom. The molecular formula is C31H32N4O2S2. The largest absolute Gasteiger partial charge is 0.341 e. The first-order chi connectivity index (χ1) is 18.9. The molecule has 0 spiro atoms. The predicted molar refractivity (Wildman–Crippen MR) is 160 cm³/mol. The number of amides is 2. The fourth-order valence-corrected chi connectivity index (χ4v) is 8.07. The number of aromatic nitrogens is 2. The molecule has 2 aliphatic rings. The third-order valence-corrected chi connectivity index (χ3v) is 10.1. The zero-order valence-corrected chi connectivity index (χ0v) is 24.1. The summed E-state index contributed by atoms with van der Waals surface area (Å²) in [7, 11) is 0. The second-order valence-corrected chi connectivity index (χ2v) is 12.4. The molecule has 8 heteroatoms. The number of carbonyl (C=O) groups is 2. The van der Waals surface area contributed by atoms with E-state index in [1.54, 1.807) is 28.0 Å². The van der Waals surface area contributed by atoms with Crippen molar-refractivity contribution in [3.8, 4) is 16.9 Å². The topological polar surface area (TPSA) is 58.4 Å². The summed E-state index contributed by atoms with van der Waals surface area (Å²) in [6.07, 6.45) is 2.03. The maximum absolute atomic E-state index is 13.9. The number of aryl methyl sites for hydroxylation is 3. The van der Waals surface area contributed by atoms with Crippen LogP contribution in [0.3, 0.4) is 0 Å². The Hall–Kier alpha value is -3.36. The Morgan fingerprint density at radius 2 is 1.77 bits per heavy atom. The highest BCUT2D eigenvalue weighted by molar-refractivity contribution is 8.00. The average molecular weight is 557 g/mol. The Morgan fingerprint density at radius 3 is 2.46 bits per heavy atom. The summed E-state index contributed by atoms with van der Waals surface area (Å²) in [5.41, 5.74) is 7.20. The van der Waals surface area contributed by atoms with E-state index in [4.69, 9.17) is 5.10 Å². The third kappa shape index (κ3) is 4.80. The SMILES string of the molecule is Cc1ccc(-n2nc(-c3ccccc3)c3c2N(CC(=O)N2CCCC2)C(=O)CS[C@H]3c2sccc2C)c(C)c1. The van der Waals surface area contributed by atoms with Gasteiger partial charge in [0.1, 0.15) is 12.4 Å². The van der Waals surface area contributed by atoms with E-state index < -0.39 is 0 Å².